The molecule has 0 aliphatic rings. The van der Waals surface area contributed by atoms with Gasteiger partial charge in [-0.05, 0) is 19.8 Å². The molecule has 3 nitrogen and oxygen atoms in total. The highest BCUT2D eigenvalue weighted by molar-refractivity contribution is 6.15. The van der Waals surface area contributed by atoms with Crippen LogP contribution in [0, 0.1) is 0 Å². The Bertz CT molecular complexity index is 225. The zero-order valence-electron chi connectivity index (χ0n) is 9.58. The summed E-state index contributed by atoms with van der Waals surface area (Å²) in [5.74, 6) is -1.48. The molecule has 0 atom stereocenters. The van der Waals surface area contributed by atoms with Gasteiger partial charge in [0, 0.05) is 0 Å². The Morgan fingerprint density at radius 2 is 1.73 bits per heavy atom. The van der Waals surface area contributed by atoms with Crippen LogP contribution in [0.25, 0.3) is 0 Å². The molecule has 0 spiro atoms. The molecule has 0 fully saturated rings. The van der Waals surface area contributed by atoms with Gasteiger partial charge >= 0.3 is 5.97 Å². The van der Waals surface area contributed by atoms with E-state index in [0.717, 1.165) is 12.8 Å². The van der Waals surface area contributed by atoms with E-state index in [1.54, 1.807) is 0 Å². The number of carbonyl (C=O) groups excluding carboxylic acids is 1. The zero-order valence-corrected chi connectivity index (χ0v) is 9.58. The molecule has 0 saturated carbocycles. The Balaban J connectivity index is 3.82. The molecular weight excluding hydrogens is 192 g/mol. The van der Waals surface area contributed by atoms with E-state index in [-0.39, 0.29) is 11.4 Å². The lowest BCUT2D eigenvalue weighted by Crippen LogP contribution is -2.08. The Hall–Kier alpha value is -1.12. The fraction of sp³-hybridized carbons (Fsp3) is 0.667. The first-order chi connectivity index (χ1) is 7.09. The molecule has 3 heteroatoms. The van der Waals surface area contributed by atoms with E-state index in [9.17, 15) is 9.59 Å². The van der Waals surface area contributed by atoms with Gasteiger partial charge < -0.3 is 5.11 Å². The second-order valence-corrected chi connectivity index (χ2v) is 3.68. The molecule has 0 aromatic heterocycles. The predicted octanol–water partition coefficient (Wildman–Crippen LogP) is 2.95. The summed E-state index contributed by atoms with van der Waals surface area (Å²) in [5.41, 5.74) is -0.0782. The number of unbranched alkanes of at least 4 members (excludes halogenated alkanes) is 5. The van der Waals surface area contributed by atoms with Gasteiger partial charge in [0.1, 0.15) is 0 Å². The third-order valence-electron chi connectivity index (χ3n) is 2.27. The number of allylic oxidation sites excluding steroid dienone is 1. The molecule has 1 N–H and O–H groups in total. The van der Waals surface area contributed by atoms with Gasteiger partial charge in [0.15, 0.2) is 5.78 Å². The SMILES string of the molecule is CCCCCCCC=C(C(C)=O)C(=O)O. The van der Waals surface area contributed by atoms with Crippen molar-refractivity contribution in [2.24, 2.45) is 0 Å². The van der Waals surface area contributed by atoms with Gasteiger partial charge in [0.2, 0.25) is 0 Å². The summed E-state index contributed by atoms with van der Waals surface area (Å²) in [4.78, 5) is 21.5. The van der Waals surface area contributed by atoms with Gasteiger partial charge in [-0.3, -0.25) is 4.79 Å². The van der Waals surface area contributed by atoms with Crippen LogP contribution in [0.1, 0.15) is 52.4 Å². The molecule has 0 heterocycles. The molecule has 0 rings (SSSR count). The minimum Gasteiger partial charge on any atom is -0.478 e. The van der Waals surface area contributed by atoms with Crippen LogP contribution < -0.4 is 0 Å². The van der Waals surface area contributed by atoms with E-state index >= 15 is 0 Å². The van der Waals surface area contributed by atoms with Crippen molar-refractivity contribution in [2.45, 2.75) is 52.4 Å². The maximum Gasteiger partial charge on any atom is 0.338 e. The molecule has 0 radical (unpaired) electrons. The third kappa shape index (κ3) is 6.89. The fourth-order valence-corrected chi connectivity index (χ4v) is 1.38. The van der Waals surface area contributed by atoms with Crippen molar-refractivity contribution in [1.29, 1.82) is 0 Å². The van der Waals surface area contributed by atoms with Crippen LogP contribution in [-0.2, 0) is 9.59 Å². The van der Waals surface area contributed by atoms with Crippen molar-refractivity contribution < 1.29 is 14.7 Å². The Morgan fingerprint density at radius 3 is 2.20 bits per heavy atom. The van der Waals surface area contributed by atoms with Gasteiger partial charge in [0.25, 0.3) is 0 Å². The number of rotatable bonds is 8. The van der Waals surface area contributed by atoms with E-state index in [4.69, 9.17) is 5.11 Å². The zero-order chi connectivity index (χ0) is 11.7. The topological polar surface area (TPSA) is 54.4 Å². The number of Topliss-reactive ketones (excluding diaryl/α,β-unsaturated/α-hetero) is 1. The Morgan fingerprint density at radius 1 is 1.13 bits per heavy atom. The van der Waals surface area contributed by atoms with Crippen LogP contribution in [-0.4, -0.2) is 16.9 Å². The van der Waals surface area contributed by atoms with E-state index in [1.165, 1.54) is 32.3 Å². The summed E-state index contributed by atoms with van der Waals surface area (Å²) in [6, 6.07) is 0. The van der Waals surface area contributed by atoms with E-state index in [0.29, 0.717) is 6.42 Å². The molecule has 0 aromatic carbocycles. The van der Waals surface area contributed by atoms with Crippen LogP contribution in [0.5, 0.6) is 0 Å². The number of carbonyl (C=O) groups is 2. The highest BCUT2D eigenvalue weighted by Crippen LogP contribution is 2.07. The lowest BCUT2D eigenvalue weighted by atomic mass is 10.1. The summed E-state index contributed by atoms with van der Waals surface area (Å²) in [6.07, 6.45) is 7.90. The highest BCUT2D eigenvalue weighted by atomic mass is 16.4. The molecule has 86 valence electrons. The van der Waals surface area contributed by atoms with Gasteiger partial charge in [-0.2, -0.15) is 0 Å². The first-order valence-corrected chi connectivity index (χ1v) is 5.54. The van der Waals surface area contributed by atoms with Crippen molar-refractivity contribution in [3.05, 3.63) is 11.6 Å². The minimum absolute atomic E-state index is 0.0782. The van der Waals surface area contributed by atoms with Crippen molar-refractivity contribution in [3.63, 3.8) is 0 Å². The largest absolute Gasteiger partial charge is 0.478 e. The first kappa shape index (κ1) is 13.9. The van der Waals surface area contributed by atoms with E-state index < -0.39 is 5.97 Å². The van der Waals surface area contributed by atoms with Crippen molar-refractivity contribution >= 4 is 11.8 Å². The fourth-order valence-electron chi connectivity index (χ4n) is 1.38. The quantitative estimate of drug-likeness (QED) is 0.291. The molecule has 0 aliphatic heterocycles. The van der Waals surface area contributed by atoms with Crippen LogP contribution >= 0.6 is 0 Å². The van der Waals surface area contributed by atoms with E-state index in [2.05, 4.69) is 6.92 Å². The number of carboxylic acids is 1. The van der Waals surface area contributed by atoms with Crippen molar-refractivity contribution in [1.82, 2.24) is 0 Å². The van der Waals surface area contributed by atoms with Gasteiger partial charge in [-0.15, -0.1) is 0 Å². The lowest BCUT2D eigenvalue weighted by Gasteiger charge is -1.98. The molecule has 0 amide bonds. The van der Waals surface area contributed by atoms with Crippen LogP contribution in [0.4, 0.5) is 0 Å². The predicted molar refractivity (Wildman–Crippen MR) is 59.8 cm³/mol. The van der Waals surface area contributed by atoms with Crippen LogP contribution in [0.3, 0.4) is 0 Å². The summed E-state index contributed by atoms with van der Waals surface area (Å²) >= 11 is 0. The third-order valence-corrected chi connectivity index (χ3v) is 2.27. The normalized spacial score (nSPS) is 11.5. The first-order valence-electron chi connectivity index (χ1n) is 5.54. The average molecular weight is 212 g/mol. The molecular formula is C12H20O3. The summed E-state index contributed by atoms with van der Waals surface area (Å²) in [7, 11) is 0. The van der Waals surface area contributed by atoms with Crippen molar-refractivity contribution in [3.8, 4) is 0 Å². The van der Waals surface area contributed by atoms with E-state index in [1.807, 2.05) is 0 Å². The van der Waals surface area contributed by atoms with Crippen molar-refractivity contribution in [2.75, 3.05) is 0 Å². The van der Waals surface area contributed by atoms with Gasteiger partial charge in [-0.25, -0.2) is 4.79 Å². The second kappa shape index (κ2) is 8.21. The molecule has 0 unspecified atom stereocenters. The standard InChI is InChI=1S/C12H20O3/c1-3-4-5-6-7-8-9-11(10(2)13)12(14)15/h9H,3-8H2,1-2H3,(H,14,15). The van der Waals surface area contributed by atoms with Crippen LogP contribution in [0.2, 0.25) is 0 Å². The van der Waals surface area contributed by atoms with Gasteiger partial charge in [-0.1, -0.05) is 38.7 Å². The minimum atomic E-state index is -1.11. The molecule has 0 aromatic rings. The summed E-state index contributed by atoms with van der Waals surface area (Å²) < 4.78 is 0. The Labute approximate surface area is 91.2 Å². The number of aliphatic carboxylic acids is 1. The second-order valence-electron chi connectivity index (χ2n) is 3.68. The monoisotopic (exact) mass is 212 g/mol. The maximum atomic E-state index is 10.9. The maximum absolute atomic E-state index is 10.9. The average Bonchev–Trinajstić information content (AvgIpc) is 2.15. The van der Waals surface area contributed by atoms with Gasteiger partial charge in [0.05, 0.1) is 5.57 Å². The smallest absolute Gasteiger partial charge is 0.338 e. The number of carboxylic acid groups (broad SMARTS) is 1. The molecule has 0 aliphatic carbocycles. The highest BCUT2D eigenvalue weighted by Gasteiger charge is 2.11. The number of ketones is 1. The lowest BCUT2D eigenvalue weighted by molar-refractivity contribution is -0.134. The number of hydrogen-bond acceptors (Lipinski definition) is 2. The summed E-state index contributed by atoms with van der Waals surface area (Å²) in [6.45, 7) is 3.44. The molecule has 0 saturated heterocycles. The Kier molecular flexibility index (Phi) is 7.60. The molecule has 0 bridgehead atoms. The number of hydrogen-bond donors (Lipinski definition) is 1. The summed E-state index contributed by atoms with van der Waals surface area (Å²) in [5, 5.41) is 8.70. The molecule has 15 heavy (non-hydrogen) atoms. The van der Waals surface area contributed by atoms with Crippen LogP contribution in [0.15, 0.2) is 11.6 Å².